The Hall–Kier alpha value is -1.10. The van der Waals surface area contributed by atoms with E-state index in [9.17, 15) is 9.59 Å². The average molecular weight is 214 g/mol. The number of hydrogen-bond acceptors (Lipinski definition) is 4. The first kappa shape index (κ1) is 12.0. The first-order valence-corrected chi connectivity index (χ1v) is 5.11. The third-order valence-corrected chi connectivity index (χ3v) is 2.77. The van der Waals surface area contributed by atoms with Crippen LogP contribution >= 0.6 is 0 Å². The summed E-state index contributed by atoms with van der Waals surface area (Å²) in [4.78, 5) is 24.3. The lowest BCUT2D eigenvalue weighted by atomic mass is 10.0. The molecule has 5 heteroatoms. The minimum Gasteiger partial charge on any atom is -0.468 e. The minimum absolute atomic E-state index is 0.0141. The summed E-state index contributed by atoms with van der Waals surface area (Å²) in [7, 11) is 2.93. The number of amides is 1. The summed E-state index contributed by atoms with van der Waals surface area (Å²) >= 11 is 0. The molecule has 0 bridgehead atoms. The maximum absolute atomic E-state index is 11.9. The molecule has 0 aromatic rings. The van der Waals surface area contributed by atoms with Gasteiger partial charge in [-0.1, -0.05) is 6.92 Å². The van der Waals surface area contributed by atoms with Crippen molar-refractivity contribution >= 4 is 11.9 Å². The molecule has 0 aromatic heterocycles. The molecule has 1 amide bonds. The SMILES string of the molecule is COC(=O)CN(C)C(=O)C1NCCC1C. The van der Waals surface area contributed by atoms with Crippen LogP contribution in [0, 0.1) is 5.92 Å². The van der Waals surface area contributed by atoms with Crippen molar-refractivity contribution in [3.8, 4) is 0 Å². The van der Waals surface area contributed by atoms with Crippen molar-refractivity contribution in [1.82, 2.24) is 10.2 Å². The van der Waals surface area contributed by atoms with Crippen molar-refractivity contribution in [2.75, 3.05) is 27.2 Å². The molecule has 1 saturated heterocycles. The summed E-state index contributed by atoms with van der Waals surface area (Å²) in [5.41, 5.74) is 0. The van der Waals surface area contributed by atoms with E-state index in [1.165, 1.54) is 12.0 Å². The van der Waals surface area contributed by atoms with Crippen molar-refractivity contribution in [1.29, 1.82) is 0 Å². The number of esters is 1. The van der Waals surface area contributed by atoms with Crippen LogP contribution in [0.3, 0.4) is 0 Å². The summed E-state index contributed by atoms with van der Waals surface area (Å²) < 4.78 is 4.51. The average Bonchev–Trinajstić information content (AvgIpc) is 2.63. The number of ether oxygens (including phenoxy) is 1. The second kappa shape index (κ2) is 5.11. The lowest BCUT2D eigenvalue weighted by molar-refractivity contribution is -0.146. The normalized spacial score (nSPS) is 25.0. The van der Waals surface area contributed by atoms with Crippen molar-refractivity contribution in [3.05, 3.63) is 0 Å². The number of carbonyl (C=O) groups excluding carboxylic acids is 2. The van der Waals surface area contributed by atoms with E-state index >= 15 is 0 Å². The van der Waals surface area contributed by atoms with Crippen LogP contribution in [0.1, 0.15) is 13.3 Å². The highest BCUT2D eigenvalue weighted by Gasteiger charge is 2.31. The molecule has 0 saturated carbocycles. The van der Waals surface area contributed by atoms with Crippen LogP contribution in [0.5, 0.6) is 0 Å². The Morgan fingerprint density at radius 2 is 2.20 bits per heavy atom. The van der Waals surface area contributed by atoms with Crippen molar-refractivity contribution < 1.29 is 14.3 Å². The molecule has 1 aliphatic rings. The summed E-state index contributed by atoms with van der Waals surface area (Å²) in [5.74, 6) is -0.0977. The monoisotopic (exact) mass is 214 g/mol. The molecule has 1 fully saturated rings. The first-order chi connectivity index (χ1) is 7.06. The molecule has 1 aliphatic heterocycles. The Balaban J connectivity index is 2.48. The number of carbonyl (C=O) groups is 2. The Kier molecular flexibility index (Phi) is 4.08. The van der Waals surface area contributed by atoms with Crippen LogP contribution in [-0.2, 0) is 14.3 Å². The molecule has 0 spiro atoms. The zero-order valence-electron chi connectivity index (χ0n) is 9.45. The summed E-state index contributed by atoms with van der Waals surface area (Å²) in [6.07, 6.45) is 1.00. The highest BCUT2D eigenvalue weighted by atomic mass is 16.5. The van der Waals surface area contributed by atoms with E-state index in [1.807, 2.05) is 6.92 Å². The molecule has 1 heterocycles. The van der Waals surface area contributed by atoms with Gasteiger partial charge in [-0.25, -0.2) is 0 Å². The van der Waals surface area contributed by atoms with Gasteiger partial charge >= 0.3 is 5.97 Å². The molecular formula is C10H18N2O3. The Labute approximate surface area is 89.8 Å². The van der Waals surface area contributed by atoms with Crippen LogP contribution in [0.4, 0.5) is 0 Å². The van der Waals surface area contributed by atoms with Crippen LogP contribution in [0.2, 0.25) is 0 Å². The quantitative estimate of drug-likeness (QED) is 0.650. The number of hydrogen-bond donors (Lipinski definition) is 1. The third-order valence-electron chi connectivity index (χ3n) is 2.77. The van der Waals surface area contributed by atoms with Crippen LogP contribution in [0.15, 0.2) is 0 Å². The molecule has 0 radical (unpaired) electrons. The van der Waals surface area contributed by atoms with Gasteiger partial charge in [0.05, 0.1) is 13.2 Å². The molecule has 15 heavy (non-hydrogen) atoms. The Bertz CT molecular complexity index is 255. The highest BCUT2D eigenvalue weighted by Crippen LogP contribution is 2.15. The topological polar surface area (TPSA) is 58.6 Å². The lowest BCUT2D eigenvalue weighted by Gasteiger charge is -2.22. The maximum atomic E-state index is 11.9. The van der Waals surface area contributed by atoms with E-state index in [0.717, 1.165) is 13.0 Å². The minimum atomic E-state index is -0.392. The second-order valence-corrected chi connectivity index (χ2v) is 3.97. The number of likely N-dealkylation sites (N-methyl/N-ethyl adjacent to an activating group) is 1. The van der Waals surface area contributed by atoms with Crippen molar-refractivity contribution in [2.24, 2.45) is 5.92 Å². The number of methoxy groups -OCH3 is 1. The molecule has 2 unspecified atom stereocenters. The predicted octanol–water partition coefficient (Wildman–Crippen LogP) is -0.384. The van der Waals surface area contributed by atoms with Gasteiger partial charge in [-0.2, -0.15) is 0 Å². The summed E-state index contributed by atoms with van der Waals surface area (Å²) in [6.45, 7) is 2.92. The van der Waals surface area contributed by atoms with E-state index in [2.05, 4.69) is 10.1 Å². The van der Waals surface area contributed by atoms with Gasteiger partial charge in [0, 0.05) is 7.05 Å². The largest absolute Gasteiger partial charge is 0.468 e. The Morgan fingerprint density at radius 1 is 1.53 bits per heavy atom. The van der Waals surface area contributed by atoms with Gasteiger partial charge in [-0.05, 0) is 18.9 Å². The second-order valence-electron chi connectivity index (χ2n) is 3.97. The Morgan fingerprint density at radius 3 is 2.67 bits per heavy atom. The lowest BCUT2D eigenvalue weighted by Crippen LogP contribution is -2.46. The van der Waals surface area contributed by atoms with Gasteiger partial charge < -0.3 is 15.0 Å². The van der Waals surface area contributed by atoms with E-state index in [1.54, 1.807) is 7.05 Å². The van der Waals surface area contributed by atoms with Gasteiger partial charge in [-0.15, -0.1) is 0 Å². The maximum Gasteiger partial charge on any atom is 0.325 e. The molecular weight excluding hydrogens is 196 g/mol. The fraction of sp³-hybridized carbons (Fsp3) is 0.800. The van der Waals surface area contributed by atoms with E-state index < -0.39 is 5.97 Å². The standard InChI is InChI=1S/C10H18N2O3/c1-7-4-5-11-9(7)10(14)12(2)6-8(13)15-3/h7,9,11H,4-6H2,1-3H3. The van der Waals surface area contributed by atoms with Gasteiger partial charge in [0.25, 0.3) is 0 Å². The molecule has 1 N–H and O–H groups in total. The smallest absolute Gasteiger partial charge is 0.325 e. The van der Waals surface area contributed by atoms with E-state index in [-0.39, 0.29) is 18.5 Å². The zero-order valence-corrected chi connectivity index (χ0v) is 9.45. The number of nitrogens with zero attached hydrogens (tertiary/aromatic N) is 1. The van der Waals surface area contributed by atoms with Crippen LogP contribution in [0.25, 0.3) is 0 Å². The van der Waals surface area contributed by atoms with E-state index in [0.29, 0.717) is 5.92 Å². The third kappa shape index (κ3) is 2.92. The number of rotatable bonds is 3. The first-order valence-electron chi connectivity index (χ1n) is 5.11. The molecule has 1 rings (SSSR count). The van der Waals surface area contributed by atoms with Crippen molar-refractivity contribution in [3.63, 3.8) is 0 Å². The van der Waals surface area contributed by atoms with Crippen molar-refractivity contribution in [2.45, 2.75) is 19.4 Å². The summed E-state index contributed by atoms with van der Waals surface area (Å²) in [6, 6.07) is -0.153. The number of nitrogens with one attached hydrogen (secondary N) is 1. The molecule has 0 aromatic carbocycles. The molecule has 2 atom stereocenters. The fourth-order valence-electron chi connectivity index (χ4n) is 1.74. The van der Waals surface area contributed by atoms with E-state index in [4.69, 9.17) is 0 Å². The zero-order chi connectivity index (χ0) is 11.4. The summed E-state index contributed by atoms with van der Waals surface area (Å²) in [5, 5.41) is 3.13. The van der Waals surface area contributed by atoms with Crippen LogP contribution < -0.4 is 5.32 Å². The fourth-order valence-corrected chi connectivity index (χ4v) is 1.74. The van der Waals surface area contributed by atoms with Gasteiger partial charge in [0.2, 0.25) is 5.91 Å². The van der Waals surface area contributed by atoms with Gasteiger partial charge in [-0.3, -0.25) is 9.59 Å². The molecule has 0 aliphatic carbocycles. The van der Waals surface area contributed by atoms with Gasteiger partial charge in [0.15, 0.2) is 0 Å². The predicted molar refractivity (Wildman–Crippen MR) is 55.2 cm³/mol. The highest BCUT2D eigenvalue weighted by molar-refractivity contribution is 5.86. The molecule has 5 nitrogen and oxygen atoms in total. The van der Waals surface area contributed by atoms with Crippen LogP contribution in [-0.4, -0.2) is 50.1 Å². The molecule has 86 valence electrons. The van der Waals surface area contributed by atoms with Gasteiger partial charge in [0.1, 0.15) is 6.54 Å².